The normalized spacial score (nSPS) is 21.5. The molecule has 2 unspecified atom stereocenters. The second-order valence-corrected chi connectivity index (χ2v) is 30.1. The highest BCUT2D eigenvalue weighted by atomic mass is 31.1. The Morgan fingerprint density at radius 2 is 1.01 bits per heavy atom. The Morgan fingerprint density at radius 1 is 0.637 bits per heavy atom. The number of hydrogen-bond acceptors (Lipinski definition) is 22. The topological polar surface area (TPSA) is 353 Å². The van der Waals surface area contributed by atoms with Gasteiger partial charge in [-0.3, -0.25) is 19.6 Å². The molecule has 2 aliphatic carbocycles. The van der Waals surface area contributed by atoms with Gasteiger partial charge in [0.05, 0.1) is 46.9 Å². The van der Waals surface area contributed by atoms with Gasteiger partial charge < -0.3 is 50.8 Å². The molecule has 91 heavy (non-hydrogen) atoms. The van der Waals surface area contributed by atoms with E-state index >= 15 is 0 Å². The number of fused-ring (bicyclic) bond motifs is 2. The zero-order chi connectivity index (χ0) is 67.1. The number of aliphatic hydroxyl groups is 3. The zero-order valence-electron chi connectivity index (χ0n) is 50.5. The SMILES string of the molecule is C[C@H]1CN(c2c(CC(=O)c3ccc(F)c(-c4c(F)cccc4F)n3)cnc3c2CC[C@H]3O)C[C@@H](N)[C@@H]1O.C[C@H]1CN(c2c(CC(=O)c3ccc(F)c(-c4c(F)cccc4F)n3)cnc3c2CC[C@H]3O)C[C@@H](N)[C@@H]1O[Si](C)(C)C(C)(C)C.O=[P+]([O-])OO.O=[P+]([O-])OO.[HH].[HH]. The second kappa shape index (κ2) is 30.5. The van der Waals surface area contributed by atoms with Crippen molar-refractivity contribution in [1.29, 1.82) is 0 Å². The van der Waals surface area contributed by atoms with Gasteiger partial charge in [-0.05, 0) is 101 Å². The molecule has 4 aromatic heterocycles. The first-order valence-electron chi connectivity index (χ1n) is 28.7. The minimum absolute atomic E-state index is 0. The average Bonchev–Trinajstić information content (AvgIpc) is 1.78. The molecule has 0 spiro atoms. The highest BCUT2D eigenvalue weighted by molar-refractivity contribution is 7.30. The first-order valence-corrected chi connectivity index (χ1v) is 33.8. The van der Waals surface area contributed by atoms with Crippen molar-refractivity contribution < 1.29 is 97.3 Å². The van der Waals surface area contributed by atoms with E-state index in [1.165, 1.54) is 24.4 Å². The van der Waals surface area contributed by atoms with E-state index in [1.54, 1.807) is 6.20 Å². The lowest BCUT2D eigenvalue weighted by atomic mass is 9.91. The van der Waals surface area contributed by atoms with Crippen LogP contribution >= 0.6 is 16.5 Å². The van der Waals surface area contributed by atoms with Crippen molar-refractivity contribution in [1.82, 2.24) is 19.9 Å². The fourth-order valence-corrected chi connectivity index (χ4v) is 12.8. The fourth-order valence-electron chi connectivity index (χ4n) is 11.4. The number of halogens is 6. The third-order valence-corrected chi connectivity index (χ3v) is 21.5. The summed E-state index contributed by atoms with van der Waals surface area (Å²) in [4.78, 5) is 66.0. The third-order valence-electron chi connectivity index (χ3n) is 16.7. The number of carbonyl (C=O) groups is 2. The van der Waals surface area contributed by atoms with Crippen molar-refractivity contribution >= 4 is 47.8 Å². The Morgan fingerprint density at radius 3 is 1.36 bits per heavy atom. The van der Waals surface area contributed by atoms with Crippen molar-refractivity contribution in [2.45, 2.75) is 128 Å². The van der Waals surface area contributed by atoms with Crippen LogP contribution in [0.15, 0.2) is 73.1 Å². The third kappa shape index (κ3) is 16.8. The van der Waals surface area contributed by atoms with E-state index in [9.17, 15) is 51.3 Å². The number of hydrogen-bond donors (Lipinski definition) is 7. The van der Waals surface area contributed by atoms with Gasteiger partial charge in [0, 0.05) is 121 Å². The average molecular weight is 1340 g/mol. The van der Waals surface area contributed by atoms with Crippen LogP contribution < -0.4 is 31.1 Å². The predicted octanol–water partition coefficient (Wildman–Crippen LogP) is 8.73. The zero-order valence-corrected chi connectivity index (χ0v) is 53.3. The molecule has 4 aliphatic rings. The van der Waals surface area contributed by atoms with Crippen LogP contribution in [0.3, 0.4) is 0 Å². The maximum Gasteiger partial charge on any atom is 0.521 e. The first kappa shape index (κ1) is 71.9. The quantitative estimate of drug-likeness (QED) is 0.0134. The molecule has 2 saturated heterocycles. The number of nitrogens with zero attached hydrogens (tertiary/aromatic N) is 6. The van der Waals surface area contributed by atoms with Gasteiger partial charge in [0.2, 0.25) is 0 Å². The smallest absolute Gasteiger partial charge is 0.521 e. The molecule has 9 N–H and O–H groups in total. The van der Waals surface area contributed by atoms with Crippen molar-refractivity contribution in [3.63, 3.8) is 0 Å². The number of piperidine rings is 2. The van der Waals surface area contributed by atoms with Gasteiger partial charge in [0.15, 0.2) is 19.9 Å². The molecule has 6 heterocycles. The highest BCUT2D eigenvalue weighted by Crippen LogP contribution is 2.44. The predicted molar refractivity (Wildman–Crippen MR) is 324 cm³/mol. The number of ketones is 2. The van der Waals surface area contributed by atoms with E-state index < -0.39 is 118 Å². The molecular formula is C60H74F6N8O14P2Si. The summed E-state index contributed by atoms with van der Waals surface area (Å²) in [7, 11) is -8.17. The standard InChI is InChI=1S/C33H41F3N4O3Si.C27H27F3N4O3.2HO4P.2H2/c1-18-16-40(17-24(37)32(18)43-44(5,6)33(2,3)4)31-19(15-38-29-20(31)10-13-26(29)41)14-27(42)25-12-11-23(36)30(39-25)28-21(34)8-7-9-22(28)35;1-13-11-34(12-19(31)27(13)37)26-14(10-32-24-15(26)5-8-21(24)35)9-22(36)20-7-6-18(30)25(33-20)23-16(28)3-2-4-17(23)29;2*1-4-5(2)3;;/h7-9,11-12,15,18,24,26,32,41H,10,13-14,16-17,37H2,1-6H3;2-4,6-7,10,13,19,21,27,35,37H,5,8-9,11-12,31H2,1H3;2*1H;2*1H/t18-,24+,26+,32+;13-,19+,21+,27+;;;;/m00..../s1. The van der Waals surface area contributed by atoms with Gasteiger partial charge in [-0.25, -0.2) is 46.8 Å². The fraction of sp³-hybridized carbons (Fsp3) is 0.433. The molecule has 10 rings (SSSR count). The summed E-state index contributed by atoms with van der Waals surface area (Å²) < 4.78 is 117. The number of nitrogens with two attached hydrogens (primary N) is 2. The maximum absolute atomic E-state index is 14.7. The summed E-state index contributed by atoms with van der Waals surface area (Å²) in [6.07, 6.45) is 2.82. The Labute approximate surface area is 525 Å². The largest absolute Gasteiger partial charge is 0.565 e. The lowest BCUT2D eigenvalue weighted by Gasteiger charge is -2.48. The van der Waals surface area contributed by atoms with Crippen LogP contribution in [0.2, 0.25) is 18.1 Å². The highest BCUT2D eigenvalue weighted by Gasteiger charge is 2.45. The van der Waals surface area contributed by atoms with Crippen LogP contribution in [-0.2, 0) is 48.6 Å². The Hall–Kier alpha value is -6.50. The molecule has 2 aromatic carbocycles. The molecule has 22 nitrogen and oxygen atoms in total. The van der Waals surface area contributed by atoms with Gasteiger partial charge in [0.1, 0.15) is 57.7 Å². The summed E-state index contributed by atoms with van der Waals surface area (Å²) >= 11 is 0. The van der Waals surface area contributed by atoms with Crippen LogP contribution in [-0.4, -0.2) is 116 Å². The van der Waals surface area contributed by atoms with Crippen LogP contribution in [0.5, 0.6) is 0 Å². The number of carbonyl (C=O) groups excluding carboxylic acids is 2. The summed E-state index contributed by atoms with van der Waals surface area (Å²) in [5.41, 5.74) is 15.9. The molecule has 10 atom stereocenters. The van der Waals surface area contributed by atoms with Gasteiger partial charge in [-0.1, -0.05) is 46.8 Å². The molecule has 6 aromatic rings. The summed E-state index contributed by atoms with van der Waals surface area (Å²) in [6.45, 7) is 17.0. The van der Waals surface area contributed by atoms with Crippen molar-refractivity contribution in [3.8, 4) is 22.5 Å². The Bertz CT molecular complexity index is 3610. The summed E-state index contributed by atoms with van der Waals surface area (Å²) in [5.74, 6) is -6.81. The Balaban J connectivity index is 0.000000291. The summed E-state index contributed by atoms with van der Waals surface area (Å²) in [5, 5.41) is 45.5. The second-order valence-electron chi connectivity index (χ2n) is 24.1. The van der Waals surface area contributed by atoms with Crippen LogP contribution in [0.4, 0.5) is 37.7 Å². The minimum Gasteiger partial charge on any atom is -0.565 e. The molecule has 0 saturated carbocycles. The maximum atomic E-state index is 14.7. The number of pyridine rings is 4. The van der Waals surface area contributed by atoms with E-state index in [0.717, 1.165) is 65.0 Å². The number of Topliss-reactive ketones (excluding diaryl/α,β-unsaturated/α-hetero) is 2. The molecule has 0 amide bonds. The molecule has 31 heteroatoms. The van der Waals surface area contributed by atoms with E-state index in [2.05, 4.69) is 75.0 Å². The monoisotopic (exact) mass is 1330 g/mol. The number of anilines is 2. The number of rotatable bonds is 14. The summed E-state index contributed by atoms with van der Waals surface area (Å²) in [6, 6.07) is 9.91. The molecule has 494 valence electrons. The Kier molecular flexibility index (Phi) is 24.1. The molecule has 2 aliphatic heterocycles. The van der Waals surface area contributed by atoms with Gasteiger partial charge >= 0.3 is 16.5 Å². The van der Waals surface area contributed by atoms with Crippen molar-refractivity contribution in [2.75, 3.05) is 36.0 Å². The molecular weight excluding hydrogens is 1260 g/mol. The number of aliphatic hydroxyl groups excluding tert-OH is 3. The van der Waals surface area contributed by atoms with Crippen LogP contribution in [0.25, 0.3) is 22.5 Å². The van der Waals surface area contributed by atoms with E-state index in [0.29, 0.717) is 74.4 Å². The van der Waals surface area contributed by atoms with E-state index in [4.69, 9.17) is 45.3 Å². The number of benzene rings is 2. The lowest BCUT2D eigenvalue weighted by molar-refractivity contribution is -0.245. The number of aromatic nitrogens is 4. The lowest BCUT2D eigenvalue weighted by Crippen LogP contribution is -2.60. The van der Waals surface area contributed by atoms with E-state index in [-0.39, 0.29) is 56.1 Å². The molecule has 2 fully saturated rings. The van der Waals surface area contributed by atoms with Crippen LogP contribution in [0, 0.1) is 46.7 Å². The van der Waals surface area contributed by atoms with Crippen LogP contribution in [0.1, 0.15) is 117 Å². The van der Waals surface area contributed by atoms with Gasteiger partial charge in [-0.2, -0.15) is 0 Å². The first-order chi connectivity index (χ1) is 42.8. The minimum atomic E-state index is -3.04. The van der Waals surface area contributed by atoms with Crippen molar-refractivity contribution in [2.24, 2.45) is 23.3 Å². The van der Waals surface area contributed by atoms with Crippen molar-refractivity contribution in [3.05, 3.63) is 153 Å². The van der Waals surface area contributed by atoms with Gasteiger partial charge in [-0.15, -0.1) is 0 Å². The van der Waals surface area contributed by atoms with E-state index in [1.807, 2.05) is 11.8 Å². The van der Waals surface area contributed by atoms with Gasteiger partial charge in [0.25, 0.3) is 0 Å². The molecule has 0 radical (unpaired) electrons. The molecule has 0 bridgehead atoms.